The Labute approximate surface area is 108 Å². The summed E-state index contributed by atoms with van der Waals surface area (Å²) in [7, 11) is 0. The van der Waals surface area contributed by atoms with Crippen molar-refractivity contribution in [2.24, 2.45) is 5.41 Å². The Morgan fingerprint density at radius 3 is 2.71 bits per heavy atom. The molecule has 1 aromatic rings. The quantitative estimate of drug-likeness (QED) is 0.887. The molecule has 1 aliphatic carbocycles. The number of ether oxygens (including phenoxy) is 1. The summed E-state index contributed by atoms with van der Waals surface area (Å²) in [5.41, 5.74) is 0.162. The van der Waals surface area contributed by atoms with Crippen LogP contribution in [-0.4, -0.2) is 18.7 Å². The van der Waals surface area contributed by atoms with Gasteiger partial charge in [-0.1, -0.05) is 44.5 Å². The van der Waals surface area contributed by atoms with E-state index in [1.165, 1.54) is 0 Å². The summed E-state index contributed by atoms with van der Waals surface area (Å²) >= 11 is 6.10. The number of rotatable bonds is 4. The van der Waals surface area contributed by atoms with E-state index in [1.807, 2.05) is 24.3 Å². The van der Waals surface area contributed by atoms with Crippen LogP contribution in [0.25, 0.3) is 0 Å². The Bertz CT molecular complexity index is 392. The van der Waals surface area contributed by atoms with Gasteiger partial charge in [0.15, 0.2) is 0 Å². The van der Waals surface area contributed by atoms with Gasteiger partial charge in [0, 0.05) is 17.9 Å². The third-order valence-corrected chi connectivity index (χ3v) is 4.05. The lowest BCUT2D eigenvalue weighted by atomic mass is 9.64. The van der Waals surface area contributed by atoms with Gasteiger partial charge in [0.25, 0.3) is 0 Å². The van der Waals surface area contributed by atoms with Crippen LogP contribution >= 0.6 is 11.6 Å². The second kappa shape index (κ2) is 4.87. The van der Waals surface area contributed by atoms with Crippen molar-refractivity contribution < 1.29 is 4.74 Å². The molecule has 0 aliphatic heterocycles. The highest BCUT2D eigenvalue weighted by Gasteiger charge is 2.49. The van der Waals surface area contributed by atoms with Gasteiger partial charge in [0.1, 0.15) is 11.9 Å². The van der Waals surface area contributed by atoms with Gasteiger partial charge in [-0.25, -0.2) is 0 Å². The lowest BCUT2D eigenvalue weighted by molar-refractivity contribution is -0.0540. The Balaban J connectivity index is 2.01. The highest BCUT2D eigenvalue weighted by atomic mass is 35.5. The predicted molar refractivity (Wildman–Crippen MR) is 71.7 cm³/mol. The monoisotopic (exact) mass is 253 g/mol. The van der Waals surface area contributed by atoms with E-state index >= 15 is 0 Å². The minimum atomic E-state index is 0.162. The van der Waals surface area contributed by atoms with Crippen LogP contribution in [-0.2, 0) is 0 Å². The second-order valence-electron chi connectivity index (χ2n) is 5.20. The zero-order chi connectivity index (χ0) is 12.5. The molecule has 0 amide bonds. The topological polar surface area (TPSA) is 21.3 Å². The van der Waals surface area contributed by atoms with Gasteiger partial charge >= 0.3 is 0 Å². The van der Waals surface area contributed by atoms with Gasteiger partial charge in [-0.05, 0) is 18.7 Å². The van der Waals surface area contributed by atoms with Crippen LogP contribution in [0.5, 0.6) is 5.75 Å². The maximum absolute atomic E-state index is 6.10. The molecule has 0 saturated heterocycles. The summed E-state index contributed by atoms with van der Waals surface area (Å²) in [5.74, 6) is 0.794. The molecular weight excluding hydrogens is 234 g/mol. The summed E-state index contributed by atoms with van der Waals surface area (Å²) in [6, 6.07) is 8.21. The number of nitrogens with one attached hydrogen (secondary N) is 1. The Morgan fingerprint density at radius 2 is 2.12 bits per heavy atom. The largest absolute Gasteiger partial charge is 0.488 e. The molecule has 2 unspecified atom stereocenters. The van der Waals surface area contributed by atoms with Crippen molar-refractivity contribution in [3.63, 3.8) is 0 Å². The third kappa shape index (κ3) is 2.43. The van der Waals surface area contributed by atoms with E-state index in [4.69, 9.17) is 16.3 Å². The number of para-hydroxylation sites is 1. The molecule has 0 spiro atoms. The molecule has 17 heavy (non-hydrogen) atoms. The highest BCUT2D eigenvalue weighted by Crippen LogP contribution is 2.43. The molecule has 2 rings (SSSR count). The van der Waals surface area contributed by atoms with Crippen molar-refractivity contribution in [2.45, 2.75) is 39.3 Å². The molecule has 1 aromatic carbocycles. The van der Waals surface area contributed by atoms with Crippen LogP contribution in [0.2, 0.25) is 5.02 Å². The van der Waals surface area contributed by atoms with Gasteiger partial charge < -0.3 is 10.1 Å². The van der Waals surface area contributed by atoms with E-state index in [0.717, 1.165) is 18.7 Å². The van der Waals surface area contributed by atoms with Crippen LogP contribution in [0.15, 0.2) is 24.3 Å². The standard InChI is InChI=1S/C14H20ClNO/c1-4-16-12-9-13(14(12,2)3)17-11-8-6-5-7-10(11)15/h5-8,12-13,16H,4,9H2,1-3H3. The lowest BCUT2D eigenvalue weighted by Crippen LogP contribution is -2.62. The fourth-order valence-corrected chi connectivity index (χ4v) is 2.55. The average molecular weight is 254 g/mol. The normalized spacial score (nSPS) is 26.4. The van der Waals surface area contributed by atoms with Crippen LogP contribution in [0, 0.1) is 5.41 Å². The van der Waals surface area contributed by atoms with Gasteiger partial charge in [-0.15, -0.1) is 0 Å². The van der Waals surface area contributed by atoms with Gasteiger partial charge in [-0.3, -0.25) is 0 Å². The van der Waals surface area contributed by atoms with Crippen molar-refractivity contribution >= 4 is 11.6 Å². The minimum absolute atomic E-state index is 0.162. The Kier molecular flexibility index (Phi) is 3.64. The van der Waals surface area contributed by atoms with Crippen LogP contribution in [0.3, 0.4) is 0 Å². The van der Waals surface area contributed by atoms with E-state index in [9.17, 15) is 0 Å². The summed E-state index contributed by atoms with van der Waals surface area (Å²) in [6.07, 6.45) is 1.29. The van der Waals surface area contributed by atoms with Crippen LogP contribution in [0.1, 0.15) is 27.2 Å². The molecular formula is C14H20ClNO. The zero-order valence-corrected chi connectivity index (χ0v) is 11.4. The van der Waals surface area contributed by atoms with E-state index in [0.29, 0.717) is 11.1 Å². The van der Waals surface area contributed by atoms with Crippen molar-refractivity contribution in [1.82, 2.24) is 5.32 Å². The molecule has 1 fully saturated rings. The first-order valence-corrected chi connectivity index (χ1v) is 6.58. The molecule has 2 atom stereocenters. The molecule has 3 heteroatoms. The van der Waals surface area contributed by atoms with E-state index < -0.39 is 0 Å². The van der Waals surface area contributed by atoms with Gasteiger partial charge in [0.2, 0.25) is 0 Å². The van der Waals surface area contributed by atoms with Crippen molar-refractivity contribution in [3.05, 3.63) is 29.3 Å². The highest BCUT2D eigenvalue weighted by molar-refractivity contribution is 6.32. The SMILES string of the molecule is CCNC1CC(Oc2ccccc2Cl)C1(C)C. The smallest absolute Gasteiger partial charge is 0.138 e. The minimum Gasteiger partial charge on any atom is -0.488 e. The first-order chi connectivity index (χ1) is 8.05. The van der Waals surface area contributed by atoms with Crippen molar-refractivity contribution in [2.75, 3.05) is 6.54 Å². The lowest BCUT2D eigenvalue weighted by Gasteiger charge is -2.51. The Morgan fingerprint density at radius 1 is 1.41 bits per heavy atom. The molecule has 94 valence electrons. The first kappa shape index (κ1) is 12.7. The van der Waals surface area contributed by atoms with Gasteiger partial charge in [-0.2, -0.15) is 0 Å². The molecule has 0 heterocycles. The number of halogens is 1. The number of hydrogen-bond acceptors (Lipinski definition) is 2. The predicted octanol–water partition coefficient (Wildman–Crippen LogP) is 3.50. The fourth-order valence-electron chi connectivity index (χ4n) is 2.37. The number of hydrogen-bond donors (Lipinski definition) is 1. The fraction of sp³-hybridized carbons (Fsp3) is 0.571. The maximum Gasteiger partial charge on any atom is 0.138 e. The molecule has 1 saturated carbocycles. The van der Waals surface area contributed by atoms with Crippen LogP contribution in [0.4, 0.5) is 0 Å². The van der Waals surface area contributed by atoms with Gasteiger partial charge in [0.05, 0.1) is 5.02 Å². The van der Waals surface area contributed by atoms with Crippen molar-refractivity contribution in [1.29, 1.82) is 0 Å². The average Bonchev–Trinajstić information content (AvgIpc) is 2.30. The molecule has 1 N–H and O–H groups in total. The summed E-state index contributed by atoms with van der Waals surface area (Å²) in [4.78, 5) is 0. The van der Waals surface area contributed by atoms with E-state index in [2.05, 4.69) is 26.1 Å². The first-order valence-electron chi connectivity index (χ1n) is 6.20. The number of benzene rings is 1. The third-order valence-electron chi connectivity index (χ3n) is 3.73. The second-order valence-corrected chi connectivity index (χ2v) is 5.61. The van der Waals surface area contributed by atoms with Crippen molar-refractivity contribution in [3.8, 4) is 5.75 Å². The Hall–Kier alpha value is -0.730. The van der Waals surface area contributed by atoms with E-state index in [-0.39, 0.29) is 11.5 Å². The molecule has 0 aromatic heterocycles. The summed E-state index contributed by atoms with van der Waals surface area (Å²) in [5, 5.41) is 4.18. The zero-order valence-electron chi connectivity index (χ0n) is 10.7. The molecule has 0 radical (unpaired) electrons. The summed E-state index contributed by atoms with van der Waals surface area (Å²) < 4.78 is 6.00. The summed E-state index contributed by atoms with van der Waals surface area (Å²) in [6.45, 7) is 7.63. The molecule has 2 nitrogen and oxygen atoms in total. The molecule has 0 bridgehead atoms. The van der Waals surface area contributed by atoms with E-state index in [1.54, 1.807) is 0 Å². The van der Waals surface area contributed by atoms with Crippen LogP contribution < -0.4 is 10.1 Å². The molecule has 1 aliphatic rings. The maximum atomic E-state index is 6.10.